The van der Waals surface area contributed by atoms with Crippen LogP contribution in [0.1, 0.15) is 50.2 Å². The molecule has 1 aromatic rings. The highest BCUT2D eigenvalue weighted by Gasteiger charge is 2.30. The van der Waals surface area contributed by atoms with Gasteiger partial charge in [0.05, 0.1) is 13.2 Å². The van der Waals surface area contributed by atoms with Crippen LogP contribution < -0.4 is 10.6 Å². The molecule has 5 nitrogen and oxygen atoms in total. The first-order valence-electron chi connectivity index (χ1n) is 10.1. The Hall–Kier alpha value is -0.860. The van der Waals surface area contributed by atoms with Crippen molar-refractivity contribution >= 4 is 29.9 Å². The number of ether oxygens (including phenoxy) is 1. The predicted molar refractivity (Wildman–Crippen MR) is 123 cm³/mol. The van der Waals surface area contributed by atoms with Crippen LogP contribution in [0.3, 0.4) is 0 Å². The van der Waals surface area contributed by atoms with Crippen LogP contribution in [0.15, 0.2) is 29.3 Å². The van der Waals surface area contributed by atoms with Gasteiger partial charge in [-0.25, -0.2) is 4.99 Å². The normalized spacial score (nSPS) is 21.3. The number of nitrogens with zero attached hydrogens (tertiary/aromatic N) is 2. The molecule has 1 heterocycles. The molecule has 1 saturated carbocycles. The van der Waals surface area contributed by atoms with Gasteiger partial charge < -0.3 is 15.4 Å². The maximum atomic E-state index is 5.31. The fraction of sp³-hybridized carbons (Fsp3) is 0.667. The zero-order chi connectivity index (χ0) is 18.2. The standard InChI is InChI=1S/C21H34N4O.HI/c1-3-22-21(23-14-17-8-4-5-9-18(17)16-26-2)24-19-12-13-25(15-19)20-10-6-7-11-20;/h4-5,8-9,19-20H,3,6-7,10-16H2,1-2H3,(H2,22,23,24);1H. The molecular weight excluding hydrogens is 451 g/mol. The van der Waals surface area contributed by atoms with Crippen molar-refractivity contribution in [1.29, 1.82) is 0 Å². The molecule has 0 aromatic heterocycles. The van der Waals surface area contributed by atoms with Gasteiger partial charge in [-0.3, -0.25) is 4.90 Å². The number of rotatable bonds is 7. The molecule has 2 aliphatic rings. The van der Waals surface area contributed by atoms with Crippen LogP contribution in [0.25, 0.3) is 0 Å². The van der Waals surface area contributed by atoms with Crippen molar-refractivity contribution in [3.8, 4) is 0 Å². The van der Waals surface area contributed by atoms with Crippen LogP contribution in [0.5, 0.6) is 0 Å². The Balaban J connectivity index is 0.00000261. The van der Waals surface area contributed by atoms with E-state index in [0.29, 0.717) is 19.2 Å². The number of benzene rings is 1. The third kappa shape index (κ3) is 6.61. The van der Waals surface area contributed by atoms with Crippen molar-refractivity contribution in [3.63, 3.8) is 0 Å². The van der Waals surface area contributed by atoms with E-state index in [1.54, 1.807) is 7.11 Å². The first-order valence-corrected chi connectivity index (χ1v) is 10.1. The quantitative estimate of drug-likeness (QED) is 0.352. The maximum absolute atomic E-state index is 5.31. The smallest absolute Gasteiger partial charge is 0.191 e. The highest BCUT2D eigenvalue weighted by molar-refractivity contribution is 14.0. The Morgan fingerprint density at radius 3 is 2.63 bits per heavy atom. The van der Waals surface area contributed by atoms with Crippen molar-refractivity contribution in [2.75, 3.05) is 26.7 Å². The first kappa shape index (κ1) is 22.4. The van der Waals surface area contributed by atoms with E-state index in [9.17, 15) is 0 Å². The molecule has 1 unspecified atom stereocenters. The number of hydrogen-bond donors (Lipinski definition) is 2. The van der Waals surface area contributed by atoms with Gasteiger partial charge in [-0.1, -0.05) is 37.1 Å². The zero-order valence-corrected chi connectivity index (χ0v) is 19.1. The average Bonchev–Trinajstić information content (AvgIpc) is 3.33. The summed E-state index contributed by atoms with van der Waals surface area (Å²) in [6.45, 7) is 6.68. The SMILES string of the molecule is CCNC(=NCc1ccccc1COC)NC1CCN(C2CCCC2)C1.I. The predicted octanol–water partition coefficient (Wildman–Crippen LogP) is 3.52. The van der Waals surface area contributed by atoms with Crippen LogP contribution >= 0.6 is 24.0 Å². The van der Waals surface area contributed by atoms with Crippen molar-refractivity contribution in [2.45, 2.75) is 64.3 Å². The number of guanidine groups is 1. The number of halogens is 1. The maximum Gasteiger partial charge on any atom is 0.191 e. The van der Waals surface area contributed by atoms with Gasteiger partial charge >= 0.3 is 0 Å². The number of likely N-dealkylation sites (tertiary alicyclic amines) is 1. The molecule has 2 N–H and O–H groups in total. The molecule has 1 saturated heterocycles. The van der Waals surface area contributed by atoms with Gasteiger partial charge in [-0.15, -0.1) is 24.0 Å². The van der Waals surface area contributed by atoms with E-state index in [1.807, 2.05) is 0 Å². The Bertz CT molecular complexity index is 589. The summed E-state index contributed by atoms with van der Waals surface area (Å²) in [6.07, 6.45) is 6.80. The summed E-state index contributed by atoms with van der Waals surface area (Å²) in [5.41, 5.74) is 2.44. The van der Waals surface area contributed by atoms with Gasteiger partial charge in [0.15, 0.2) is 5.96 Å². The Kier molecular flexibility index (Phi) is 9.86. The van der Waals surface area contributed by atoms with E-state index in [-0.39, 0.29) is 24.0 Å². The van der Waals surface area contributed by atoms with Gasteiger partial charge in [0.25, 0.3) is 0 Å². The molecule has 27 heavy (non-hydrogen) atoms. The second-order valence-corrected chi connectivity index (χ2v) is 7.46. The summed E-state index contributed by atoms with van der Waals surface area (Å²) >= 11 is 0. The first-order chi connectivity index (χ1) is 12.8. The van der Waals surface area contributed by atoms with Crippen LogP contribution in [-0.2, 0) is 17.9 Å². The van der Waals surface area contributed by atoms with E-state index < -0.39 is 0 Å². The van der Waals surface area contributed by atoms with Gasteiger partial charge in [0.1, 0.15) is 0 Å². The molecule has 2 fully saturated rings. The van der Waals surface area contributed by atoms with Gasteiger partial charge in [0, 0.05) is 38.8 Å². The molecule has 0 amide bonds. The molecule has 152 valence electrons. The summed E-state index contributed by atoms with van der Waals surface area (Å²) in [7, 11) is 1.74. The second-order valence-electron chi connectivity index (χ2n) is 7.46. The molecule has 1 aliphatic heterocycles. The van der Waals surface area contributed by atoms with E-state index in [1.165, 1.54) is 49.8 Å². The summed E-state index contributed by atoms with van der Waals surface area (Å²) in [4.78, 5) is 7.52. The van der Waals surface area contributed by atoms with Gasteiger partial charge in [0.2, 0.25) is 0 Å². The lowest BCUT2D eigenvalue weighted by Crippen LogP contribution is -2.45. The summed E-state index contributed by atoms with van der Waals surface area (Å²) in [5, 5.41) is 7.06. The van der Waals surface area contributed by atoms with Crippen LogP contribution in [0.4, 0.5) is 0 Å². The molecule has 1 aromatic carbocycles. The molecule has 1 atom stereocenters. The van der Waals surface area contributed by atoms with E-state index in [0.717, 1.165) is 25.1 Å². The Morgan fingerprint density at radius 2 is 1.93 bits per heavy atom. The average molecular weight is 486 g/mol. The van der Waals surface area contributed by atoms with E-state index >= 15 is 0 Å². The molecule has 3 rings (SSSR count). The molecule has 0 bridgehead atoms. The van der Waals surface area contributed by atoms with Gasteiger partial charge in [-0.05, 0) is 37.3 Å². The minimum atomic E-state index is 0. The third-order valence-electron chi connectivity index (χ3n) is 5.57. The van der Waals surface area contributed by atoms with Crippen LogP contribution in [0, 0.1) is 0 Å². The zero-order valence-electron chi connectivity index (χ0n) is 16.7. The number of aliphatic imine (C=N–C) groups is 1. The summed E-state index contributed by atoms with van der Waals surface area (Å²) in [6, 6.07) is 9.70. The second kappa shape index (κ2) is 11.9. The fourth-order valence-electron chi connectivity index (χ4n) is 4.19. The van der Waals surface area contributed by atoms with E-state index in [4.69, 9.17) is 9.73 Å². The largest absolute Gasteiger partial charge is 0.380 e. The highest BCUT2D eigenvalue weighted by Crippen LogP contribution is 2.26. The van der Waals surface area contributed by atoms with Crippen LogP contribution in [0.2, 0.25) is 0 Å². The fourth-order valence-corrected chi connectivity index (χ4v) is 4.19. The monoisotopic (exact) mass is 486 g/mol. The molecule has 6 heteroatoms. The lowest BCUT2D eigenvalue weighted by molar-refractivity contribution is 0.184. The lowest BCUT2D eigenvalue weighted by Gasteiger charge is -2.24. The molecule has 0 spiro atoms. The van der Waals surface area contributed by atoms with Crippen molar-refractivity contribution in [2.24, 2.45) is 4.99 Å². The number of nitrogens with one attached hydrogen (secondary N) is 2. The minimum Gasteiger partial charge on any atom is -0.380 e. The van der Waals surface area contributed by atoms with Crippen molar-refractivity contribution < 1.29 is 4.74 Å². The Labute approximate surface area is 181 Å². The minimum absolute atomic E-state index is 0. The molecular formula is C21H35IN4O. The van der Waals surface area contributed by atoms with E-state index in [2.05, 4.69) is 46.7 Å². The highest BCUT2D eigenvalue weighted by atomic mass is 127. The molecule has 0 radical (unpaired) electrons. The van der Waals surface area contributed by atoms with Gasteiger partial charge in [-0.2, -0.15) is 0 Å². The summed E-state index contributed by atoms with van der Waals surface area (Å²) in [5.74, 6) is 0.929. The van der Waals surface area contributed by atoms with Crippen molar-refractivity contribution in [3.05, 3.63) is 35.4 Å². The number of hydrogen-bond acceptors (Lipinski definition) is 3. The third-order valence-corrected chi connectivity index (χ3v) is 5.57. The van der Waals surface area contributed by atoms with Crippen molar-refractivity contribution in [1.82, 2.24) is 15.5 Å². The summed E-state index contributed by atoms with van der Waals surface area (Å²) < 4.78 is 5.31. The van der Waals surface area contributed by atoms with Crippen LogP contribution in [-0.4, -0.2) is 49.7 Å². The lowest BCUT2D eigenvalue weighted by atomic mass is 10.1. The Morgan fingerprint density at radius 1 is 1.19 bits per heavy atom. The molecule has 1 aliphatic carbocycles. The number of methoxy groups -OCH3 is 1. The topological polar surface area (TPSA) is 48.9 Å².